The molecule has 0 aliphatic carbocycles. The smallest absolute Gasteiger partial charge is 0.338 e. The number of hydrogen-bond donors (Lipinski definition) is 0. The molecule has 0 N–H and O–H groups in total. The normalized spacial score (nSPS) is 13.6. The fourth-order valence-electron chi connectivity index (χ4n) is 3.36. The van der Waals surface area contributed by atoms with Crippen LogP contribution in [0.25, 0.3) is 0 Å². The van der Waals surface area contributed by atoms with Crippen LogP contribution in [0.4, 0.5) is 0 Å². The molecule has 0 heterocycles. The standard InChI is InChI=1S/C28H27NO10S/c1-35-29-18-23(37-26(30)20-12-6-3-7-13-20)25(39-28(32)22-16-10-5-11-17-22)24(19-36-40(2,33)34)38-27(31)21-14-8-4-9-15-21/h3-18,23-25H,19H2,1-2H3/b29-18-/t23-,24-,25+/m1/s1. The van der Waals surface area contributed by atoms with Crippen LogP contribution in [0, 0.1) is 0 Å². The predicted octanol–water partition coefficient (Wildman–Crippen LogP) is 3.27. The lowest BCUT2D eigenvalue weighted by molar-refractivity contribution is -0.0802. The summed E-state index contributed by atoms with van der Waals surface area (Å²) in [6, 6.07) is 23.6. The van der Waals surface area contributed by atoms with E-state index < -0.39 is 52.9 Å². The maximum atomic E-state index is 13.1. The first-order valence-electron chi connectivity index (χ1n) is 11.9. The Bertz CT molecular complexity index is 1400. The van der Waals surface area contributed by atoms with Crippen LogP contribution < -0.4 is 0 Å². The first-order valence-corrected chi connectivity index (χ1v) is 13.7. The first-order chi connectivity index (χ1) is 19.2. The lowest BCUT2D eigenvalue weighted by Gasteiger charge is -2.30. The van der Waals surface area contributed by atoms with E-state index in [2.05, 4.69) is 5.16 Å². The van der Waals surface area contributed by atoms with Crippen LogP contribution in [0.15, 0.2) is 96.2 Å². The highest BCUT2D eigenvalue weighted by molar-refractivity contribution is 7.85. The number of carbonyl (C=O) groups is 3. The summed E-state index contributed by atoms with van der Waals surface area (Å²) in [6.45, 7) is -0.773. The fourth-order valence-corrected chi connectivity index (χ4v) is 3.74. The summed E-state index contributed by atoms with van der Waals surface area (Å²) in [5.74, 6) is -2.58. The zero-order chi connectivity index (χ0) is 29.0. The van der Waals surface area contributed by atoms with Crippen molar-refractivity contribution in [3.63, 3.8) is 0 Å². The Hall–Kier alpha value is -4.55. The minimum atomic E-state index is -4.04. The van der Waals surface area contributed by atoms with Gasteiger partial charge >= 0.3 is 17.9 Å². The second-order valence-corrected chi connectivity index (χ2v) is 9.85. The summed E-state index contributed by atoms with van der Waals surface area (Å²) in [5.41, 5.74) is 0.418. The minimum absolute atomic E-state index is 0.126. The van der Waals surface area contributed by atoms with Gasteiger partial charge in [0.15, 0.2) is 18.3 Å². The molecule has 0 spiro atoms. The molecule has 3 rings (SSSR count). The molecule has 12 heteroatoms. The van der Waals surface area contributed by atoms with Crippen molar-refractivity contribution in [2.24, 2.45) is 5.16 Å². The zero-order valence-electron chi connectivity index (χ0n) is 21.6. The molecule has 0 saturated carbocycles. The number of carbonyl (C=O) groups excluding carboxylic acids is 3. The molecule has 210 valence electrons. The quantitative estimate of drug-likeness (QED) is 0.0989. The van der Waals surface area contributed by atoms with Gasteiger partial charge in [-0.1, -0.05) is 59.8 Å². The molecule has 0 aromatic heterocycles. The summed E-state index contributed by atoms with van der Waals surface area (Å²) in [4.78, 5) is 43.8. The van der Waals surface area contributed by atoms with Gasteiger partial charge in [-0.3, -0.25) is 4.18 Å². The van der Waals surface area contributed by atoms with Crippen molar-refractivity contribution in [2.45, 2.75) is 18.3 Å². The summed E-state index contributed by atoms with van der Waals surface area (Å²) in [5, 5.41) is 3.66. The Morgan fingerprint density at radius 3 is 1.57 bits per heavy atom. The largest absolute Gasteiger partial charge is 0.452 e. The maximum absolute atomic E-state index is 13.1. The molecule has 0 unspecified atom stereocenters. The van der Waals surface area contributed by atoms with E-state index in [1.54, 1.807) is 54.6 Å². The number of nitrogens with zero attached hydrogens (tertiary/aromatic N) is 1. The van der Waals surface area contributed by atoms with Crippen LogP contribution in [0.5, 0.6) is 0 Å². The molecule has 0 aliphatic heterocycles. The Labute approximate surface area is 231 Å². The van der Waals surface area contributed by atoms with Gasteiger partial charge in [-0.2, -0.15) is 8.42 Å². The summed E-state index contributed by atoms with van der Waals surface area (Å²) >= 11 is 0. The highest BCUT2D eigenvalue weighted by Gasteiger charge is 2.39. The van der Waals surface area contributed by atoms with Gasteiger partial charge in [0.1, 0.15) is 13.7 Å². The van der Waals surface area contributed by atoms with Gasteiger partial charge in [-0.25, -0.2) is 14.4 Å². The zero-order valence-corrected chi connectivity index (χ0v) is 22.4. The van der Waals surface area contributed by atoms with Crippen LogP contribution in [0.2, 0.25) is 0 Å². The number of oxime groups is 1. The highest BCUT2D eigenvalue weighted by atomic mass is 32.2. The van der Waals surface area contributed by atoms with Gasteiger partial charge in [0.25, 0.3) is 10.1 Å². The van der Waals surface area contributed by atoms with Crippen molar-refractivity contribution in [1.82, 2.24) is 0 Å². The third-order valence-electron chi connectivity index (χ3n) is 5.22. The Morgan fingerprint density at radius 2 is 1.15 bits per heavy atom. The van der Waals surface area contributed by atoms with E-state index in [4.69, 9.17) is 23.2 Å². The third-order valence-corrected chi connectivity index (χ3v) is 5.79. The van der Waals surface area contributed by atoms with Gasteiger partial charge in [-0.05, 0) is 36.4 Å². The molecule has 0 aliphatic rings. The Morgan fingerprint density at radius 1 is 0.725 bits per heavy atom. The van der Waals surface area contributed by atoms with Gasteiger partial charge in [0.2, 0.25) is 0 Å². The predicted molar refractivity (Wildman–Crippen MR) is 143 cm³/mol. The van der Waals surface area contributed by atoms with Crippen LogP contribution >= 0.6 is 0 Å². The molecule has 11 nitrogen and oxygen atoms in total. The number of ether oxygens (including phenoxy) is 3. The van der Waals surface area contributed by atoms with Gasteiger partial charge in [-0.15, -0.1) is 0 Å². The number of benzene rings is 3. The van der Waals surface area contributed by atoms with E-state index in [9.17, 15) is 22.8 Å². The van der Waals surface area contributed by atoms with Crippen LogP contribution in [-0.2, 0) is 33.3 Å². The summed E-state index contributed by atoms with van der Waals surface area (Å²) < 4.78 is 45.5. The van der Waals surface area contributed by atoms with E-state index >= 15 is 0 Å². The molecule has 0 saturated heterocycles. The van der Waals surface area contributed by atoms with E-state index in [1.165, 1.54) is 43.5 Å². The Kier molecular flexibility index (Phi) is 10.9. The average Bonchev–Trinajstić information content (AvgIpc) is 2.97. The monoisotopic (exact) mass is 569 g/mol. The van der Waals surface area contributed by atoms with E-state index in [0.29, 0.717) is 0 Å². The summed E-state index contributed by atoms with van der Waals surface area (Å²) in [7, 11) is -2.81. The topological polar surface area (TPSA) is 144 Å². The van der Waals surface area contributed by atoms with Crippen molar-refractivity contribution in [3.05, 3.63) is 108 Å². The number of esters is 3. The summed E-state index contributed by atoms with van der Waals surface area (Å²) in [6.07, 6.45) is -2.92. The van der Waals surface area contributed by atoms with Crippen molar-refractivity contribution < 1.29 is 46.0 Å². The second-order valence-electron chi connectivity index (χ2n) is 8.21. The van der Waals surface area contributed by atoms with Crippen molar-refractivity contribution in [2.75, 3.05) is 20.0 Å². The van der Waals surface area contributed by atoms with Crippen LogP contribution in [0.3, 0.4) is 0 Å². The van der Waals surface area contributed by atoms with Gasteiger partial charge < -0.3 is 19.0 Å². The van der Waals surface area contributed by atoms with Crippen molar-refractivity contribution >= 4 is 34.2 Å². The van der Waals surface area contributed by atoms with E-state index in [0.717, 1.165) is 12.5 Å². The maximum Gasteiger partial charge on any atom is 0.338 e. The lowest BCUT2D eigenvalue weighted by Crippen LogP contribution is -2.48. The molecule has 3 atom stereocenters. The highest BCUT2D eigenvalue weighted by Crippen LogP contribution is 2.19. The molecular weight excluding hydrogens is 542 g/mol. The molecule has 3 aromatic carbocycles. The number of hydrogen-bond acceptors (Lipinski definition) is 11. The van der Waals surface area contributed by atoms with Crippen LogP contribution in [0.1, 0.15) is 31.1 Å². The third kappa shape index (κ3) is 9.33. The molecule has 40 heavy (non-hydrogen) atoms. The second kappa shape index (κ2) is 14.6. The molecule has 3 aromatic rings. The lowest BCUT2D eigenvalue weighted by atomic mass is 10.1. The molecule has 0 radical (unpaired) electrons. The SMILES string of the molecule is CO/N=C\[C@@H](OC(=O)c1ccccc1)[C@H](OC(=O)c1ccccc1)[C@@H](COS(C)(=O)=O)OC(=O)c1ccccc1. The first kappa shape index (κ1) is 30.0. The van der Waals surface area contributed by atoms with Crippen LogP contribution in [-0.4, -0.2) is 70.8 Å². The number of rotatable bonds is 13. The molecule has 0 fully saturated rings. The molecular formula is C28H27NO10S. The van der Waals surface area contributed by atoms with E-state index in [-0.39, 0.29) is 16.7 Å². The minimum Gasteiger partial charge on any atom is -0.452 e. The van der Waals surface area contributed by atoms with E-state index in [1.807, 2.05) is 0 Å². The Balaban J connectivity index is 2.04. The average molecular weight is 570 g/mol. The fraction of sp³-hybridized carbons (Fsp3) is 0.214. The molecule has 0 bridgehead atoms. The van der Waals surface area contributed by atoms with Crippen molar-refractivity contribution in [3.8, 4) is 0 Å². The van der Waals surface area contributed by atoms with Crippen molar-refractivity contribution in [1.29, 1.82) is 0 Å². The van der Waals surface area contributed by atoms with Gasteiger partial charge in [0.05, 0.1) is 29.2 Å². The van der Waals surface area contributed by atoms with Gasteiger partial charge in [0, 0.05) is 0 Å². The molecule has 0 amide bonds.